The molecule has 0 saturated carbocycles. The fourth-order valence-corrected chi connectivity index (χ4v) is 2.17. The first-order valence-electron chi connectivity index (χ1n) is 6.83. The summed E-state index contributed by atoms with van der Waals surface area (Å²) >= 11 is 0. The Morgan fingerprint density at radius 3 is 3.06 bits per heavy atom. The van der Waals surface area contributed by atoms with Crippen molar-refractivity contribution in [3.8, 4) is 0 Å². The molecule has 1 aromatic heterocycles. The second kappa shape index (κ2) is 7.34. The molecule has 4 nitrogen and oxygen atoms in total. The quantitative estimate of drug-likeness (QED) is 0.757. The van der Waals surface area contributed by atoms with Crippen molar-refractivity contribution < 1.29 is 4.74 Å². The Morgan fingerprint density at radius 1 is 1.44 bits per heavy atom. The van der Waals surface area contributed by atoms with Crippen LogP contribution in [0, 0.1) is 6.92 Å². The highest BCUT2D eigenvalue weighted by molar-refractivity contribution is 5.42. The summed E-state index contributed by atoms with van der Waals surface area (Å²) in [5.41, 5.74) is 2.19. The van der Waals surface area contributed by atoms with Gasteiger partial charge in [-0.3, -0.25) is 4.98 Å². The van der Waals surface area contributed by atoms with E-state index in [1.165, 1.54) is 0 Å². The average molecular weight is 249 g/mol. The van der Waals surface area contributed by atoms with Gasteiger partial charge in [-0.05, 0) is 51.4 Å². The fourth-order valence-electron chi connectivity index (χ4n) is 2.17. The van der Waals surface area contributed by atoms with Crippen LogP contribution in [0.4, 0.5) is 5.69 Å². The standard InChI is InChI=1S/C14H23N3O/c1-12-11-13(3-9-16-12)17-6-2-10-18-14-4-7-15-8-5-14/h3,9,11,14-15H,2,4-8,10H2,1H3,(H,16,17). The molecule has 2 rings (SSSR count). The summed E-state index contributed by atoms with van der Waals surface area (Å²) in [6.45, 7) is 6.00. The highest BCUT2D eigenvalue weighted by Crippen LogP contribution is 2.09. The van der Waals surface area contributed by atoms with E-state index in [0.717, 1.165) is 56.9 Å². The van der Waals surface area contributed by atoms with E-state index in [9.17, 15) is 0 Å². The molecule has 0 spiro atoms. The third-order valence-corrected chi connectivity index (χ3v) is 3.19. The van der Waals surface area contributed by atoms with Crippen molar-refractivity contribution in [2.75, 3.05) is 31.6 Å². The van der Waals surface area contributed by atoms with Crippen molar-refractivity contribution >= 4 is 5.69 Å². The van der Waals surface area contributed by atoms with Crippen LogP contribution in [0.1, 0.15) is 25.0 Å². The topological polar surface area (TPSA) is 46.2 Å². The molecule has 1 fully saturated rings. The summed E-state index contributed by atoms with van der Waals surface area (Å²) in [4.78, 5) is 4.17. The van der Waals surface area contributed by atoms with Crippen LogP contribution in [0.5, 0.6) is 0 Å². The van der Waals surface area contributed by atoms with Crippen LogP contribution in [0.2, 0.25) is 0 Å². The summed E-state index contributed by atoms with van der Waals surface area (Å²) in [6, 6.07) is 4.06. The van der Waals surface area contributed by atoms with Crippen LogP contribution in [-0.4, -0.2) is 37.3 Å². The van der Waals surface area contributed by atoms with E-state index in [-0.39, 0.29) is 0 Å². The second-order valence-corrected chi connectivity index (χ2v) is 4.79. The van der Waals surface area contributed by atoms with Crippen LogP contribution in [0.25, 0.3) is 0 Å². The molecule has 1 aliphatic heterocycles. The van der Waals surface area contributed by atoms with Gasteiger partial charge in [0.1, 0.15) is 0 Å². The monoisotopic (exact) mass is 249 g/mol. The zero-order valence-corrected chi connectivity index (χ0v) is 11.1. The van der Waals surface area contributed by atoms with Gasteiger partial charge in [0.15, 0.2) is 0 Å². The first kappa shape index (κ1) is 13.3. The molecule has 0 amide bonds. The van der Waals surface area contributed by atoms with Gasteiger partial charge in [-0.1, -0.05) is 0 Å². The van der Waals surface area contributed by atoms with Gasteiger partial charge in [-0.25, -0.2) is 0 Å². The van der Waals surface area contributed by atoms with Crippen molar-refractivity contribution in [3.05, 3.63) is 24.0 Å². The molecule has 18 heavy (non-hydrogen) atoms. The number of aromatic nitrogens is 1. The summed E-state index contributed by atoms with van der Waals surface area (Å²) in [5, 5.41) is 6.74. The van der Waals surface area contributed by atoms with Gasteiger partial charge in [0.05, 0.1) is 6.10 Å². The molecular weight excluding hydrogens is 226 g/mol. The number of pyridine rings is 1. The van der Waals surface area contributed by atoms with Gasteiger partial charge in [-0.15, -0.1) is 0 Å². The number of nitrogens with zero attached hydrogens (tertiary/aromatic N) is 1. The Morgan fingerprint density at radius 2 is 2.28 bits per heavy atom. The number of ether oxygens (including phenoxy) is 1. The van der Waals surface area contributed by atoms with Crippen molar-refractivity contribution in [1.82, 2.24) is 10.3 Å². The zero-order chi connectivity index (χ0) is 12.6. The van der Waals surface area contributed by atoms with Crippen LogP contribution in [-0.2, 0) is 4.74 Å². The number of piperidine rings is 1. The summed E-state index contributed by atoms with van der Waals surface area (Å²) in [7, 11) is 0. The lowest BCUT2D eigenvalue weighted by Gasteiger charge is -2.22. The van der Waals surface area contributed by atoms with Gasteiger partial charge in [-0.2, -0.15) is 0 Å². The zero-order valence-electron chi connectivity index (χ0n) is 11.1. The predicted molar refractivity (Wildman–Crippen MR) is 73.9 cm³/mol. The molecule has 0 bridgehead atoms. The maximum absolute atomic E-state index is 5.85. The first-order chi connectivity index (χ1) is 8.84. The molecule has 0 atom stereocenters. The van der Waals surface area contributed by atoms with Crippen molar-refractivity contribution in [2.24, 2.45) is 0 Å². The molecule has 2 N–H and O–H groups in total. The first-order valence-corrected chi connectivity index (χ1v) is 6.83. The minimum Gasteiger partial charge on any atom is -0.385 e. The lowest BCUT2D eigenvalue weighted by Crippen LogP contribution is -2.32. The Bertz CT molecular complexity index is 351. The molecular formula is C14H23N3O. The molecule has 4 heteroatoms. The van der Waals surface area contributed by atoms with E-state index in [4.69, 9.17) is 4.74 Å². The minimum atomic E-state index is 0.467. The number of hydrogen-bond donors (Lipinski definition) is 2. The average Bonchev–Trinajstić information content (AvgIpc) is 2.40. The number of hydrogen-bond acceptors (Lipinski definition) is 4. The van der Waals surface area contributed by atoms with Gasteiger partial charge in [0, 0.05) is 30.7 Å². The Kier molecular flexibility index (Phi) is 5.42. The SMILES string of the molecule is Cc1cc(NCCCOC2CCNCC2)ccn1. The fraction of sp³-hybridized carbons (Fsp3) is 0.643. The Labute approximate surface area is 109 Å². The normalized spacial score (nSPS) is 16.7. The van der Waals surface area contributed by atoms with Gasteiger partial charge in [0.2, 0.25) is 0 Å². The van der Waals surface area contributed by atoms with Crippen LogP contribution < -0.4 is 10.6 Å². The van der Waals surface area contributed by atoms with Gasteiger partial charge in [0.25, 0.3) is 0 Å². The largest absolute Gasteiger partial charge is 0.385 e. The number of rotatable bonds is 6. The van der Waals surface area contributed by atoms with Crippen molar-refractivity contribution in [3.63, 3.8) is 0 Å². The van der Waals surface area contributed by atoms with E-state index >= 15 is 0 Å². The van der Waals surface area contributed by atoms with Crippen molar-refractivity contribution in [2.45, 2.75) is 32.3 Å². The molecule has 0 aliphatic carbocycles. The van der Waals surface area contributed by atoms with Gasteiger partial charge < -0.3 is 15.4 Å². The lowest BCUT2D eigenvalue weighted by molar-refractivity contribution is 0.0329. The molecule has 0 unspecified atom stereocenters. The molecule has 0 radical (unpaired) electrons. The number of anilines is 1. The van der Waals surface area contributed by atoms with E-state index in [2.05, 4.69) is 21.7 Å². The minimum absolute atomic E-state index is 0.467. The van der Waals surface area contributed by atoms with E-state index in [1.807, 2.05) is 19.2 Å². The second-order valence-electron chi connectivity index (χ2n) is 4.79. The number of aryl methyl sites for hydroxylation is 1. The predicted octanol–water partition coefficient (Wildman–Crippen LogP) is 1.96. The molecule has 0 aromatic carbocycles. The number of nitrogens with one attached hydrogen (secondary N) is 2. The summed E-state index contributed by atoms with van der Waals surface area (Å²) < 4.78 is 5.85. The third-order valence-electron chi connectivity index (χ3n) is 3.19. The Hall–Kier alpha value is -1.13. The Balaban J connectivity index is 1.55. The molecule has 1 aromatic rings. The van der Waals surface area contributed by atoms with E-state index in [0.29, 0.717) is 6.10 Å². The van der Waals surface area contributed by atoms with Gasteiger partial charge >= 0.3 is 0 Å². The van der Waals surface area contributed by atoms with Crippen LogP contribution in [0.3, 0.4) is 0 Å². The maximum Gasteiger partial charge on any atom is 0.0599 e. The molecule has 1 saturated heterocycles. The smallest absolute Gasteiger partial charge is 0.0599 e. The van der Waals surface area contributed by atoms with E-state index in [1.54, 1.807) is 0 Å². The molecule has 2 heterocycles. The van der Waals surface area contributed by atoms with Crippen LogP contribution in [0.15, 0.2) is 18.3 Å². The van der Waals surface area contributed by atoms with Crippen LogP contribution >= 0.6 is 0 Å². The van der Waals surface area contributed by atoms with Crippen molar-refractivity contribution in [1.29, 1.82) is 0 Å². The van der Waals surface area contributed by atoms with E-state index < -0.39 is 0 Å². The maximum atomic E-state index is 5.85. The summed E-state index contributed by atoms with van der Waals surface area (Å²) in [6.07, 6.45) is 5.65. The lowest BCUT2D eigenvalue weighted by atomic mass is 10.1. The highest BCUT2D eigenvalue weighted by atomic mass is 16.5. The molecule has 100 valence electrons. The molecule has 1 aliphatic rings. The summed E-state index contributed by atoms with van der Waals surface area (Å²) in [5.74, 6) is 0. The third kappa shape index (κ3) is 4.63. The highest BCUT2D eigenvalue weighted by Gasteiger charge is 2.12.